The Kier molecular flexibility index (Phi) is 4.99. The maximum absolute atomic E-state index is 12.9. The lowest BCUT2D eigenvalue weighted by Crippen LogP contribution is -2.37. The van der Waals surface area contributed by atoms with Crippen LogP contribution in [0, 0.1) is 5.92 Å². The Labute approximate surface area is 104 Å². The molecule has 18 heavy (non-hydrogen) atoms. The fourth-order valence-corrected chi connectivity index (χ4v) is 1.97. The van der Waals surface area contributed by atoms with Gasteiger partial charge in [0.2, 0.25) is 0 Å². The van der Waals surface area contributed by atoms with Crippen molar-refractivity contribution in [3.05, 3.63) is 0 Å². The number of halogens is 4. The summed E-state index contributed by atoms with van der Waals surface area (Å²) >= 11 is 0. The molecule has 0 aromatic carbocycles. The SMILES string of the molecule is CC(F)(F)C(F)(F)CCCOC(=O)C1CCCC1. The Morgan fingerprint density at radius 1 is 1.22 bits per heavy atom. The molecule has 0 atom stereocenters. The fourth-order valence-electron chi connectivity index (χ4n) is 1.97. The van der Waals surface area contributed by atoms with Crippen LogP contribution in [0.5, 0.6) is 0 Å². The minimum absolute atomic E-state index is 0.141. The molecule has 2 nitrogen and oxygen atoms in total. The summed E-state index contributed by atoms with van der Waals surface area (Å²) in [4.78, 5) is 11.4. The first-order valence-electron chi connectivity index (χ1n) is 6.16. The molecule has 1 rings (SSSR count). The van der Waals surface area contributed by atoms with E-state index in [9.17, 15) is 22.4 Å². The molecule has 6 heteroatoms. The molecule has 0 saturated heterocycles. The summed E-state index contributed by atoms with van der Waals surface area (Å²) in [6, 6.07) is 0. The number of ether oxygens (including phenoxy) is 1. The van der Waals surface area contributed by atoms with Crippen molar-refractivity contribution in [2.45, 2.75) is 57.3 Å². The van der Waals surface area contributed by atoms with Gasteiger partial charge in [-0.05, 0) is 19.3 Å². The Balaban J connectivity index is 2.20. The van der Waals surface area contributed by atoms with Gasteiger partial charge in [0.1, 0.15) is 0 Å². The average Bonchev–Trinajstić information content (AvgIpc) is 2.75. The van der Waals surface area contributed by atoms with Crippen LogP contribution in [0.2, 0.25) is 0 Å². The third-order valence-corrected chi connectivity index (χ3v) is 3.21. The molecule has 1 aliphatic carbocycles. The van der Waals surface area contributed by atoms with Crippen molar-refractivity contribution in [2.75, 3.05) is 6.61 Å². The van der Waals surface area contributed by atoms with E-state index < -0.39 is 18.3 Å². The van der Waals surface area contributed by atoms with Gasteiger partial charge in [-0.2, -0.15) is 8.78 Å². The molecule has 0 aliphatic heterocycles. The lowest BCUT2D eigenvalue weighted by atomic mass is 10.1. The summed E-state index contributed by atoms with van der Waals surface area (Å²) in [6.07, 6.45) is 2.24. The molecule has 1 saturated carbocycles. The van der Waals surface area contributed by atoms with Gasteiger partial charge in [0.15, 0.2) is 0 Å². The lowest BCUT2D eigenvalue weighted by Gasteiger charge is -2.22. The molecule has 0 heterocycles. The molecule has 0 aromatic heterocycles. The van der Waals surface area contributed by atoms with Crippen LogP contribution < -0.4 is 0 Å². The molecule has 0 unspecified atom stereocenters. The largest absolute Gasteiger partial charge is 0.465 e. The van der Waals surface area contributed by atoms with E-state index in [1.165, 1.54) is 0 Å². The monoisotopic (exact) mass is 270 g/mol. The Morgan fingerprint density at radius 3 is 2.28 bits per heavy atom. The van der Waals surface area contributed by atoms with Gasteiger partial charge in [0, 0.05) is 13.3 Å². The van der Waals surface area contributed by atoms with Crippen LogP contribution in [0.3, 0.4) is 0 Å². The van der Waals surface area contributed by atoms with Crippen molar-refractivity contribution in [1.29, 1.82) is 0 Å². The van der Waals surface area contributed by atoms with Crippen LogP contribution in [-0.4, -0.2) is 24.4 Å². The number of esters is 1. The van der Waals surface area contributed by atoms with Crippen molar-refractivity contribution >= 4 is 5.97 Å². The summed E-state index contributed by atoms with van der Waals surface area (Å²) in [7, 11) is 0. The van der Waals surface area contributed by atoms with Crippen LogP contribution in [-0.2, 0) is 9.53 Å². The van der Waals surface area contributed by atoms with Gasteiger partial charge in [-0.25, -0.2) is 8.78 Å². The first-order valence-corrected chi connectivity index (χ1v) is 6.16. The van der Waals surface area contributed by atoms with Gasteiger partial charge in [0.05, 0.1) is 12.5 Å². The molecule has 0 N–H and O–H groups in total. The predicted molar refractivity (Wildman–Crippen MR) is 57.7 cm³/mol. The van der Waals surface area contributed by atoms with Crippen molar-refractivity contribution in [2.24, 2.45) is 5.92 Å². The summed E-state index contributed by atoms with van der Waals surface area (Å²) in [5.41, 5.74) is 0. The molecule has 0 bridgehead atoms. The van der Waals surface area contributed by atoms with Gasteiger partial charge >= 0.3 is 17.8 Å². The molecule has 1 aliphatic rings. The summed E-state index contributed by atoms with van der Waals surface area (Å²) in [5.74, 6) is -8.62. The van der Waals surface area contributed by atoms with Gasteiger partial charge < -0.3 is 4.74 Å². The Morgan fingerprint density at radius 2 is 1.78 bits per heavy atom. The lowest BCUT2D eigenvalue weighted by molar-refractivity contribution is -0.202. The van der Waals surface area contributed by atoms with E-state index in [1.807, 2.05) is 0 Å². The zero-order valence-electron chi connectivity index (χ0n) is 10.4. The fraction of sp³-hybridized carbons (Fsp3) is 0.917. The number of alkyl halides is 4. The maximum Gasteiger partial charge on any atom is 0.310 e. The molecule has 0 amide bonds. The van der Waals surface area contributed by atoms with Gasteiger partial charge in [0.25, 0.3) is 0 Å². The number of carbonyl (C=O) groups is 1. The summed E-state index contributed by atoms with van der Waals surface area (Å²) in [6.45, 7) is -0.0292. The van der Waals surface area contributed by atoms with Crippen molar-refractivity contribution in [1.82, 2.24) is 0 Å². The van der Waals surface area contributed by atoms with Crippen LogP contribution in [0.25, 0.3) is 0 Å². The van der Waals surface area contributed by atoms with Crippen LogP contribution >= 0.6 is 0 Å². The quantitative estimate of drug-likeness (QED) is 0.417. The van der Waals surface area contributed by atoms with E-state index in [4.69, 9.17) is 4.74 Å². The smallest absolute Gasteiger partial charge is 0.310 e. The van der Waals surface area contributed by atoms with E-state index >= 15 is 0 Å². The molecular formula is C12H18F4O2. The van der Waals surface area contributed by atoms with Crippen molar-refractivity contribution < 1.29 is 27.1 Å². The van der Waals surface area contributed by atoms with E-state index in [2.05, 4.69) is 0 Å². The van der Waals surface area contributed by atoms with Crippen LogP contribution in [0.4, 0.5) is 17.6 Å². The van der Waals surface area contributed by atoms with Gasteiger partial charge in [-0.3, -0.25) is 4.79 Å². The number of hydrogen-bond acceptors (Lipinski definition) is 2. The second-order valence-electron chi connectivity index (χ2n) is 4.85. The third-order valence-electron chi connectivity index (χ3n) is 3.21. The standard InChI is InChI=1S/C12H18F4O2/c1-11(13,14)12(15,16)7-4-8-18-10(17)9-5-2-3-6-9/h9H,2-8H2,1H3. The number of rotatable bonds is 6. The highest BCUT2D eigenvalue weighted by Crippen LogP contribution is 2.37. The highest BCUT2D eigenvalue weighted by atomic mass is 19.3. The van der Waals surface area contributed by atoms with Crippen LogP contribution in [0.15, 0.2) is 0 Å². The second kappa shape index (κ2) is 5.89. The van der Waals surface area contributed by atoms with Crippen molar-refractivity contribution in [3.8, 4) is 0 Å². The second-order valence-corrected chi connectivity index (χ2v) is 4.85. The van der Waals surface area contributed by atoms with Crippen molar-refractivity contribution in [3.63, 3.8) is 0 Å². The molecule has 0 aromatic rings. The first-order chi connectivity index (χ1) is 8.24. The third kappa shape index (κ3) is 4.14. The number of hydrogen-bond donors (Lipinski definition) is 0. The van der Waals surface area contributed by atoms with E-state index in [-0.39, 0.29) is 31.8 Å². The zero-order valence-corrected chi connectivity index (χ0v) is 10.4. The normalized spacial score (nSPS) is 18.1. The molecule has 106 valence electrons. The molecule has 1 fully saturated rings. The molecule has 0 radical (unpaired) electrons. The highest BCUT2D eigenvalue weighted by molar-refractivity contribution is 5.72. The Bertz CT molecular complexity index is 280. The van der Waals surface area contributed by atoms with E-state index in [0.717, 1.165) is 25.7 Å². The topological polar surface area (TPSA) is 26.3 Å². The van der Waals surface area contributed by atoms with Gasteiger partial charge in [-0.1, -0.05) is 12.8 Å². The summed E-state index contributed by atoms with van der Waals surface area (Å²) in [5, 5.41) is 0. The van der Waals surface area contributed by atoms with Crippen LogP contribution in [0.1, 0.15) is 45.4 Å². The average molecular weight is 270 g/mol. The molecular weight excluding hydrogens is 252 g/mol. The van der Waals surface area contributed by atoms with E-state index in [1.54, 1.807) is 0 Å². The molecule has 0 spiro atoms. The highest BCUT2D eigenvalue weighted by Gasteiger charge is 2.51. The zero-order chi connectivity index (χ0) is 13.8. The maximum atomic E-state index is 12.9. The Hall–Kier alpha value is -0.810. The minimum Gasteiger partial charge on any atom is -0.465 e. The minimum atomic E-state index is -4.05. The summed E-state index contributed by atoms with van der Waals surface area (Å²) < 4.78 is 55.5. The van der Waals surface area contributed by atoms with Gasteiger partial charge in [-0.15, -0.1) is 0 Å². The van der Waals surface area contributed by atoms with E-state index in [0.29, 0.717) is 0 Å². The number of carbonyl (C=O) groups excluding carboxylic acids is 1. The first kappa shape index (κ1) is 15.2. The predicted octanol–water partition coefficient (Wildman–Crippen LogP) is 3.79.